The minimum atomic E-state index is -0.681. The predicted molar refractivity (Wildman–Crippen MR) is 61.9 cm³/mol. The van der Waals surface area contributed by atoms with E-state index in [0.29, 0.717) is 13.2 Å². The molecule has 0 aliphatic carbocycles. The van der Waals surface area contributed by atoms with Crippen LogP contribution >= 0.6 is 0 Å². The molecule has 0 heterocycles. The van der Waals surface area contributed by atoms with Gasteiger partial charge in [-0.25, -0.2) is 0 Å². The van der Waals surface area contributed by atoms with Crippen LogP contribution in [-0.4, -0.2) is 35.0 Å². The minimum Gasteiger partial charge on any atom is -0.377 e. The first kappa shape index (κ1) is 14.1. The Hall–Kier alpha value is 0.0700. The number of unbranched alkanes of at least 4 members (excludes halogenated alkanes) is 1. The molecule has 2 unspecified atom stereocenters. The Morgan fingerprint density at radius 1 is 1.36 bits per heavy atom. The molecule has 0 radical (unpaired) electrons. The number of hydrogen-bond donors (Lipinski definition) is 1. The van der Waals surface area contributed by atoms with Crippen molar-refractivity contribution in [1.82, 2.24) is 0 Å². The van der Waals surface area contributed by atoms with Crippen LogP contribution in [0.4, 0.5) is 0 Å². The monoisotopic (exact) mass is 221 g/mol. The van der Waals surface area contributed by atoms with Gasteiger partial charge in [0.2, 0.25) is 0 Å². The first-order valence-corrected chi connectivity index (χ1v) is 6.90. The number of ether oxygens (including phenoxy) is 1. The molecule has 0 amide bonds. The van der Waals surface area contributed by atoms with E-state index in [1.165, 1.54) is 0 Å². The average Bonchev–Trinajstić information content (AvgIpc) is 2.21. The van der Waals surface area contributed by atoms with Gasteiger partial charge in [-0.2, -0.15) is 0 Å². The Kier molecular flexibility index (Phi) is 9.67. The van der Waals surface area contributed by atoms with E-state index in [-0.39, 0.29) is 6.10 Å². The van der Waals surface area contributed by atoms with Gasteiger partial charge in [0.05, 0.1) is 6.10 Å². The largest absolute Gasteiger partial charge is 0.377 e. The Balaban J connectivity index is 3.52. The fourth-order valence-corrected chi connectivity index (χ4v) is 2.52. The van der Waals surface area contributed by atoms with Gasteiger partial charge < -0.3 is 10.5 Å². The Morgan fingerprint density at radius 3 is 2.57 bits per heavy atom. The minimum absolute atomic E-state index is 0.0885. The van der Waals surface area contributed by atoms with Crippen LogP contribution in [0.25, 0.3) is 0 Å². The Labute approximate surface area is 89.9 Å². The van der Waals surface area contributed by atoms with E-state index in [1.54, 1.807) is 0 Å². The smallest absolute Gasteiger partial charge is 0.0705 e. The first-order chi connectivity index (χ1) is 6.74. The fourth-order valence-electron chi connectivity index (χ4n) is 1.18. The lowest BCUT2D eigenvalue weighted by molar-refractivity contribution is 0.0672. The summed E-state index contributed by atoms with van der Waals surface area (Å²) in [7, 11) is -0.681. The van der Waals surface area contributed by atoms with Gasteiger partial charge in [-0.1, -0.05) is 13.3 Å². The van der Waals surface area contributed by atoms with Gasteiger partial charge in [-0.15, -0.1) is 0 Å². The fraction of sp³-hybridized carbons (Fsp3) is 1.00. The molecule has 0 aliphatic heterocycles. The molecule has 0 aromatic heterocycles. The van der Waals surface area contributed by atoms with Gasteiger partial charge >= 0.3 is 0 Å². The molecule has 2 atom stereocenters. The molecule has 4 heteroatoms. The molecule has 86 valence electrons. The molecule has 2 N–H and O–H groups in total. The number of rotatable bonds is 9. The van der Waals surface area contributed by atoms with Crippen LogP contribution in [0.2, 0.25) is 0 Å². The highest BCUT2D eigenvalue weighted by Crippen LogP contribution is 2.00. The molecule has 0 aromatic rings. The summed E-state index contributed by atoms with van der Waals surface area (Å²) in [4.78, 5) is 0. The van der Waals surface area contributed by atoms with Crippen LogP contribution in [0.3, 0.4) is 0 Å². The normalized spacial score (nSPS) is 15.4. The Morgan fingerprint density at radius 2 is 2.07 bits per heavy atom. The van der Waals surface area contributed by atoms with Crippen LogP contribution in [0.15, 0.2) is 0 Å². The van der Waals surface area contributed by atoms with Crippen molar-refractivity contribution < 1.29 is 8.95 Å². The van der Waals surface area contributed by atoms with Gasteiger partial charge in [0, 0.05) is 35.5 Å². The van der Waals surface area contributed by atoms with Crippen LogP contribution in [0, 0.1) is 0 Å². The van der Waals surface area contributed by atoms with Crippen LogP contribution < -0.4 is 5.73 Å². The quantitative estimate of drug-likeness (QED) is 0.638. The van der Waals surface area contributed by atoms with Crippen LogP contribution in [0.5, 0.6) is 0 Å². The van der Waals surface area contributed by atoms with Gasteiger partial charge in [0.1, 0.15) is 0 Å². The van der Waals surface area contributed by atoms with Gasteiger partial charge in [0.15, 0.2) is 0 Å². The third-order valence-electron chi connectivity index (χ3n) is 2.06. The van der Waals surface area contributed by atoms with E-state index in [9.17, 15) is 4.21 Å². The lowest BCUT2D eigenvalue weighted by atomic mass is 10.3. The summed E-state index contributed by atoms with van der Waals surface area (Å²) in [5, 5.41) is 0. The van der Waals surface area contributed by atoms with E-state index in [2.05, 4.69) is 6.92 Å². The molecule has 0 saturated heterocycles. The standard InChI is InChI=1S/C10H23NO2S/c1-3-5-7-14(12)8-6-10(9-11)13-4-2/h10H,3-9,11H2,1-2H3. The molecule has 0 aliphatic rings. The van der Waals surface area contributed by atoms with Crippen molar-refractivity contribution in [2.75, 3.05) is 24.7 Å². The second-order valence-corrected chi connectivity index (χ2v) is 5.00. The highest BCUT2D eigenvalue weighted by atomic mass is 32.2. The van der Waals surface area contributed by atoms with E-state index in [0.717, 1.165) is 30.8 Å². The van der Waals surface area contributed by atoms with E-state index in [1.807, 2.05) is 6.92 Å². The zero-order chi connectivity index (χ0) is 10.8. The summed E-state index contributed by atoms with van der Waals surface area (Å²) in [6, 6.07) is 0. The van der Waals surface area contributed by atoms with Gasteiger partial charge in [-0.3, -0.25) is 4.21 Å². The van der Waals surface area contributed by atoms with E-state index < -0.39 is 10.8 Å². The van der Waals surface area contributed by atoms with Crippen LogP contribution in [0.1, 0.15) is 33.1 Å². The summed E-state index contributed by atoms with van der Waals surface area (Å²) in [6.45, 7) is 5.28. The zero-order valence-corrected chi connectivity index (χ0v) is 10.1. The van der Waals surface area contributed by atoms with Crippen molar-refractivity contribution in [3.05, 3.63) is 0 Å². The average molecular weight is 221 g/mol. The summed E-state index contributed by atoms with van der Waals surface area (Å²) >= 11 is 0. The van der Waals surface area contributed by atoms with Crippen molar-refractivity contribution >= 4 is 10.8 Å². The van der Waals surface area contributed by atoms with Crippen molar-refractivity contribution in [3.63, 3.8) is 0 Å². The third-order valence-corrected chi connectivity index (χ3v) is 3.49. The van der Waals surface area contributed by atoms with E-state index in [4.69, 9.17) is 10.5 Å². The van der Waals surface area contributed by atoms with Crippen molar-refractivity contribution in [1.29, 1.82) is 0 Å². The maximum Gasteiger partial charge on any atom is 0.0705 e. The molecule has 0 aromatic carbocycles. The van der Waals surface area contributed by atoms with Gasteiger partial charge in [-0.05, 0) is 19.8 Å². The number of nitrogens with two attached hydrogens (primary N) is 1. The third kappa shape index (κ3) is 7.47. The summed E-state index contributed by atoms with van der Waals surface area (Å²) < 4.78 is 16.8. The Bertz CT molecular complexity index is 153. The zero-order valence-electron chi connectivity index (χ0n) is 9.33. The summed E-state index contributed by atoms with van der Waals surface area (Å²) in [6.07, 6.45) is 3.07. The molecule has 0 fully saturated rings. The summed E-state index contributed by atoms with van der Waals surface area (Å²) in [5.74, 6) is 1.54. The second kappa shape index (κ2) is 9.62. The predicted octanol–water partition coefficient (Wildman–Crippen LogP) is 1.29. The maximum atomic E-state index is 11.4. The van der Waals surface area contributed by atoms with Gasteiger partial charge in [0.25, 0.3) is 0 Å². The lowest BCUT2D eigenvalue weighted by Gasteiger charge is -2.13. The maximum absolute atomic E-state index is 11.4. The number of hydrogen-bond acceptors (Lipinski definition) is 3. The molecule has 3 nitrogen and oxygen atoms in total. The first-order valence-electron chi connectivity index (χ1n) is 5.41. The van der Waals surface area contributed by atoms with Crippen molar-refractivity contribution in [2.45, 2.75) is 39.2 Å². The second-order valence-electron chi connectivity index (χ2n) is 3.30. The molecule has 0 rings (SSSR count). The molecule has 0 spiro atoms. The molecule has 0 bridgehead atoms. The molecule has 14 heavy (non-hydrogen) atoms. The molecular weight excluding hydrogens is 198 g/mol. The molecule has 0 saturated carbocycles. The van der Waals surface area contributed by atoms with Crippen molar-refractivity contribution in [3.8, 4) is 0 Å². The SMILES string of the molecule is CCCCS(=O)CCC(CN)OCC. The van der Waals surface area contributed by atoms with Crippen LogP contribution in [-0.2, 0) is 15.5 Å². The summed E-state index contributed by atoms with van der Waals surface area (Å²) in [5.41, 5.74) is 5.52. The lowest BCUT2D eigenvalue weighted by Crippen LogP contribution is -2.25. The topological polar surface area (TPSA) is 52.3 Å². The highest BCUT2D eigenvalue weighted by Gasteiger charge is 2.08. The van der Waals surface area contributed by atoms with Crippen molar-refractivity contribution in [2.24, 2.45) is 5.73 Å². The molecular formula is C10H23NO2S. The highest BCUT2D eigenvalue weighted by molar-refractivity contribution is 7.84. The van der Waals surface area contributed by atoms with E-state index >= 15 is 0 Å².